The summed E-state index contributed by atoms with van der Waals surface area (Å²) in [5, 5.41) is 3.57. The number of nitrogens with one attached hydrogen (secondary N) is 1. The lowest BCUT2D eigenvalue weighted by atomic mass is 9.99. The molecule has 2 aliphatic heterocycles. The van der Waals surface area contributed by atoms with Crippen LogP contribution in [0.4, 0.5) is 0 Å². The van der Waals surface area contributed by atoms with Crippen LogP contribution in [0.15, 0.2) is 4.99 Å². The topological polar surface area (TPSA) is 57.2 Å². The summed E-state index contributed by atoms with van der Waals surface area (Å²) in [6, 6.07) is 0.552. The Kier molecular flexibility index (Phi) is 7.54. The number of hydrogen-bond acceptors (Lipinski definition) is 4. The van der Waals surface area contributed by atoms with E-state index in [0.717, 1.165) is 19.0 Å². The van der Waals surface area contributed by atoms with Crippen LogP contribution in [-0.2, 0) is 9.53 Å². The van der Waals surface area contributed by atoms with Gasteiger partial charge >= 0.3 is 5.97 Å². The molecule has 2 fully saturated rings. The van der Waals surface area contributed by atoms with Crippen LogP contribution in [0.2, 0.25) is 0 Å². The zero-order chi connectivity index (χ0) is 18.4. The van der Waals surface area contributed by atoms with Crippen molar-refractivity contribution in [3.8, 4) is 0 Å². The maximum Gasteiger partial charge on any atom is 0.310 e. The van der Waals surface area contributed by atoms with E-state index in [1.54, 1.807) is 0 Å². The summed E-state index contributed by atoms with van der Waals surface area (Å²) in [5.41, 5.74) is 0. The van der Waals surface area contributed by atoms with Crippen LogP contribution in [0.25, 0.3) is 0 Å². The Balaban J connectivity index is 1.93. The van der Waals surface area contributed by atoms with E-state index in [4.69, 9.17) is 4.74 Å². The molecule has 144 valence electrons. The molecular formula is C19H36N4O2. The predicted octanol–water partition coefficient (Wildman–Crippen LogP) is 1.81. The minimum absolute atomic E-state index is 0.0615. The zero-order valence-electron chi connectivity index (χ0n) is 16.6. The number of ether oxygens (including phenoxy) is 1. The van der Waals surface area contributed by atoms with Gasteiger partial charge < -0.3 is 15.0 Å². The molecule has 6 heteroatoms. The van der Waals surface area contributed by atoms with Gasteiger partial charge in [-0.15, -0.1) is 0 Å². The lowest BCUT2D eigenvalue weighted by Crippen LogP contribution is -2.48. The number of hydrogen-bond donors (Lipinski definition) is 1. The standard InChI is InChI=1S/C19H36N4O2/c1-14(2)10-16(22-8-6-7-9-22)11-21-19(20-4)23-12-15(3)17(13-23)18(24)25-5/h14-17H,6-13H2,1-5H3,(H,20,21). The van der Waals surface area contributed by atoms with Crippen LogP contribution in [-0.4, -0.2) is 74.7 Å². The summed E-state index contributed by atoms with van der Waals surface area (Å²) >= 11 is 0. The van der Waals surface area contributed by atoms with Crippen LogP contribution >= 0.6 is 0 Å². The van der Waals surface area contributed by atoms with Crippen molar-refractivity contribution in [3.05, 3.63) is 0 Å². The van der Waals surface area contributed by atoms with Crippen LogP contribution in [0.1, 0.15) is 40.0 Å². The Morgan fingerprint density at radius 3 is 2.52 bits per heavy atom. The van der Waals surface area contributed by atoms with E-state index in [-0.39, 0.29) is 17.8 Å². The molecule has 2 aliphatic rings. The Hall–Kier alpha value is -1.30. The molecule has 3 atom stereocenters. The first-order valence-electron chi connectivity index (χ1n) is 9.73. The molecule has 0 radical (unpaired) electrons. The first-order valence-corrected chi connectivity index (χ1v) is 9.73. The van der Waals surface area contributed by atoms with E-state index >= 15 is 0 Å². The first-order chi connectivity index (χ1) is 12.0. The van der Waals surface area contributed by atoms with E-state index in [9.17, 15) is 4.79 Å². The van der Waals surface area contributed by atoms with E-state index in [0.29, 0.717) is 18.5 Å². The number of guanidine groups is 1. The predicted molar refractivity (Wildman–Crippen MR) is 102 cm³/mol. The molecule has 25 heavy (non-hydrogen) atoms. The van der Waals surface area contributed by atoms with Crippen molar-refractivity contribution in [2.75, 3.05) is 46.9 Å². The molecule has 0 aromatic carbocycles. The number of likely N-dealkylation sites (tertiary alicyclic amines) is 2. The lowest BCUT2D eigenvalue weighted by molar-refractivity contribution is -0.145. The number of nitrogens with zero attached hydrogens (tertiary/aromatic N) is 3. The van der Waals surface area contributed by atoms with E-state index in [1.807, 2.05) is 7.05 Å². The van der Waals surface area contributed by atoms with Crippen molar-refractivity contribution in [1.82, 2.24) is 15.1 Å². The van der Waals surface area contributed by atoms with Crippen molar-refractivity contribution < 1.29 is 9.53 Å². The third kappa shape index (κ3) is 5.33. The highest BCUT2D eigenvalue weighted by molar-refractivity contribution is 5.82. The lowest BCUT2D eigenvalue weighted by Gasteiger charge is -2.31. The van der Waals surface area contributed by atoms with Crippen molar-refractivity contribution in [3.63, 3.8) is 0 Å². The highest BCUT2D eigenvalue weighted by Crippen LogP contribution is 2.24. The van der Waals surface area contributed by atoms with Crippen LogP contribution in [0.3, 0.4) is 0 Å². The summed E-state index contributed by atoms with van der Waals surface area (Å²) in [6.07, 6.45) is 3.83. The third-order valence-electron chi connectivity index (χ3n) is 5.52. The summed E-state index contributed by atoms with van der Waals surface area (Å²) in [7, 11) is 3.29. The van der Waals surface area contributed by atoms with Gasteiger partial charge in [-0.3, -0.25) is 14.7 Å². The Labute approximate surface area is 153 Å². The molecule has 0 aliphatic carbocycles. The van der Waals surface area contributed by atoms with Gasteiger partial charge in [0, 0.05) is 32.7 Å². The summed E-state index contributed by atoms with van der Waals surface area (Å²) in [5.74, 6) is 1.71. The maximum atomic E-state index is 11.9. The minimum Gasteiger partial charge on any atom is -0.469 e. The second-order valence-corrected chi connectivity index (χ2v) is 7.97. The van der Waals surface area contributed by atoms with E-state index in [2.05, 4.69) is 40.9 Å². The second-order valence-electron chi connectivity index (χ2n) is 7.97. The van der Waals surface area contributed by atoms with Crippen molar-refractivity contribution >= 4 is 11.9 Å². The van der Waals surface area contributed by atoms with Gasteiger partial charge in [-0.25, -0.2) is 0 Å². The summed E-state index contributed by atoms with van der Waals surface area (Å²) in [4.78, 5) is 21.2. The molecule has 6 nitrogen and oxygen atoms in total. The summed E-state index contributed by atoms with van der Waals surface area (Å²) in [6.45, 7) is 11.6. The number of carbonyl (C=O) groups excluding carboxylic acids is 1. The molecular weight excluding hydrogens is 316 g/mol. The Bertz CT molecular complexity index is 460. The van der Waals surface area contributed by atoms with Gasteiger partial charge in [0.25, 0.3) is 0 Å². The number of methoxy groups -OCH3 is 1. The molecule has 3 unspecified atom stereocenters. The SMILES string of the molecule is CN=C(NCC(CC(C)C)N1CCCC1)N1CC(C)C(C(=O)OC)C1. The second kappa shape index (κ2) is 9.41. The molecule has 2 rings (SSSR count). The average Bonchev–Trinajstić information content (AvgIpc) is 3.23. The Morgan fingerprint density at radius 1 is 1.28 bits per heavy atom. The molecule has 0 spiro atoms. The number of esters is 1. The van der Waals surface area contributed by atoms with Gasteiger partial charge in [0.05, 0.1) is 13.0 Å². The normalized spacial score (nSPS) is 26.3. The van der Waals surface area contributed by atoms with Crippen LogP contribution < -0.4 is 5.32 Å². The van der Waals surface area contributed by atoms with Gasteiger partial charge in [-0.05, 0) is 44.2 Å². The van der Waals surface area contributed by atoms with Crippen molar-refractivity contribution in [2.45, 2.75) is 46.1 Å². The van der Waals surface area contributed by atoms with E-state index < -0.39 is 0 Å². The third-order valence-corrected chi connectivity index (χ3v) is 5.52. The van der Waals surface area contributed by atoms with Gasteiger partial charge in [0.2, 0.25) is 0 Å². The van der Waals surface area contributed by atoms with Gasteiger partial charge in [0.1, 0.15) is 0 Å². The maximum absolute atomic E-state index is 11.9. The molecule has 0 aromatic heterocycles. The molecule has 0 saturated carbocycles. The summed E-state index contributed by atoms with van der Waals surface area (Å²) < 4.78 is 4.94. The highest BCUT2D eigenvalue weighted by Gasteiger charge is 2.37. The largest absolute Gasteiger partial charge is 0.469 e. The Morgan fingerprint density at radius 2 is 1.96 bits per heavy atom. The molecule has 2 saturated heterocycles. The fourth-order valence-corrected chi connectivity index (χ4v) is 4.15. The highest BCUT2D eigenvalue weighted by atomic mass is 16.5. The number of rotatable bonds is 6. The van der Waals surface area contributed by atoms with Crippen LogP contribution in [0, 0.1) is 17.8 Å². The molecule has 0 amide bonds. The first kappa shape index (κ1) is 20.0. The number of carbonyl (C=O) groups is 1. The number of aliphatic imine (C=N–C) groups is 1. The van der Waals surface area contributed by atoms with Gasteiger partial charge in [0.15, 0.2) is 5.96 Å². The minimum atomic E-state index is -0.111. The molecule has 0 bridgehead atoms. The van der Waals surface area contributed by atoms with Gasteiger partial charge in [-0.2, -0.15) is 0 Å². The fraction of sp³-hybridized carbons (Fsp3) is 0.895. The molecule has 2 heterocycles. The van der Waals surface area contributed by atoms with E-state index in [1.165, 1.54) is 39.5 Å². The average molecular weight is 353 g/mol. The quantitative estimate of drug-likeness (QED) is 0.449. The monoisotopic (exact) mass is 352 g/mol. The molecule has 0 aromatic rings. The zero-order valence-corrected chi connectivity index (χ0v) is 16.6. The van der Waals surface area contributed by atoms with Gasteiger partial charge in [-0.1, -0.05) is 20.8 Å². The van der Waals surface area contributed by atoms with Crippen molar-refractivity contribution in [2.24, 2.45) is 22.7 Å². The van der Waals surface area contributed by atoms with Crippen LogP contribution in [0.5, 0.6) is 0 Å². The smallest absolute Gasteiger partial charge is 0.310 e. The molecule has 1 N–H and O–H groups in total. The fourth-order valence-electron chi connectivity index (χ4n) is 4.15. The van der Waals surface area contributed by atoms with Crippen molar-refractivity contribution in [1.29, 1.82) is 0 Å².